The number of nitriles is 1. The number of hydrogen-bond acceptors (Lipinski definition) is 8. The highest BCUT2D eigenvalue weighted by atomic mass is 16.6. The van der Waals surface area contributed by atoms with Crippen LogP contribution in [0.2, 0.25) is 0 Å². The minimum atomic E-state index is -0.668. The molecule has 0 radical (unpaired) electrons. The van der Waals surface area contributed by atoms with Gasteiger partial charge in [0.05, 0.1) is 18.9 Å². The topological polar surface area (TPSA) is 106 Å². The Morgan fingerprint density at radius 1 is 1.09 bits per heavy atom. The van der Waals surface area contributed by atoms with Gasteiger partial charge in [0.2, 0.25) is 0 Å². The summed E-state index contributed by atoms with van der Waals surface area (Å²) in [5.74, 6) is -1.45. The van der Waals surface area contributed by atoms with E-state index in [0.717, 1.165) is 0 Å². The highest BCUT2D eigenvalue weighted by Gasteiger charge is 2.25. The summed E-state index contributed by atoms with van der Waals surface area (Å²) < 4.78 is 14.9. The fourth-order valence-corrected chi connectivity index (χ4v) is 1.78. The summed E-state index contributed by atoms with van der Waals surface area (Å²) in [6.07, 6.45) is -1.19. The smallest absolute Gasteiger partial charge is 0.307 e. The van der Waals surface area contributed by atoms with Gasteiger partial charge in [-0.25, -0.2) is 4.90 Å². The molecule has 0 aromatic carbocycles. The van der Waals surface area contributed by atoms with Crippen LogP contribution in [-0.4, -0.2) is 48.4 Å². The first-order valence-corrected chi connectivity index (χ1v) is 6.90. The number of hydrogen-bond donors (Lipinski definition) is 0. The Kier molecular flexibility index (Phi) is 9.54. The van der Waals surface area contributed by atoms with Crippen LogP contribution in [0.3, 0.4) is 0 Å². The van der Waals surface area contributed by atoms with E-state index in [9.17, 15) is 14.4 Å². The van der Waals surface area contributed by atoms with Crippen LogP contribution in [0.25, 0.3) is 0 Å². The second kappa shape index (κ2) is 10.6. The Balaban J connectivity index is 4.58. The largest absolute Gasteiger partial charge is 0.465 e. The van der Waals surface area contributed by atoms with Gasteiger partial charge in [-0.05, 0) is 13.8 Å². The summed E-state index contributed by atoms with van der Waals surface area (Å²) in [5.41, 5.74) is 0. The number of rotatable bonds is 9. The van der Waals surface area contributed by atoms with Gasteiger partial charge in [0.25, 0.3) is 0 Å². The molecule has 0 saturated carbocycles. The number of carbonyl (C=O) groups excluding carboxylic acids is 3. The maximum atomic E-state index is 11.5. The van der Waals surface area contributed by atoms with Gasteiger partial charge < -0.3 is 14.2 Å². The van der Waals surface area contributed by atoms with E-state index in [1.54, 1.807) is 18.7 Å². The van der Waals surface area contributed by atoms with Crippen LogP contribution in [0, 0.1) is 11.3 Å². The molecule has 0 bridgehead atoms. The zero-order chi connectivity index (χ0) is 17.1. The van der Waals surface area contributed by atoms with Crippen molar-refractivity contribution in [3.05, 3.63) is 0 Å². The van der Waals surface area contributed by atoms with Crippen LogP contribution in [0.4, 0.5) is 0 Å². The second-order valence-corrected chi connectivity index (χ2v) is 4.53. The van der Waals surface area contributed by atoms with Crippen molar-refractivity contribution < 1.29 is 28.6 Å². The third kappa shape index (κ3) is 8.92. The van der Waals surface area contributed by atoms with Crippen molar-refractivity contribution in [2.75, 3.05) is 13.2 Å². The molecule has 8 nitrogen and oxygen atoms in total. The molecule has 0 N–H and O–H groups in total. The first-order chi connectivity index (χ1) is 10.3. The van der Waals surface area contributed by atoms with Gasteiger partial charge in [0.15, 0.2) is 12.5 Å². The van der Waals surface area contributed by atoms with Crippen molar-refractivity contribution in [2.45, 2.75) is 53.0 Å². The van der Waals surface area contributed by atoms with E-state index < -0.39 is 30.4 Å². The van der Waals surface area contributed by atoms with Crippen molar-refractivity contribution >= 4 is 17.9 Å². The van der Waals surface area contributed by atoms with Gasteiger partial charge in [-0.3, -0.25) is 14.4 Å². The lowest BCUT2D eigenvalue weighted by Gasteiger charge is -2.32. The fourth-order valence-electron chi connectivity index (χ4n) is 1.78. The summed E-state index contributed by atoms with van der Waals surface area (Å²) in [7, 11) is 0. The summed E-state index contributed by atoms with van der Waals surface area (Å²) in [6, 6.07) is 1.86. The van der Waals surface area contributed by atoms with Crippen molar-refractivity contribution in [1.29, 1.82) is 5.26 Å². The number of ether oxygens (including phenoxy) is 3. The standard InChI is InChI=1S/C14H22N2O6/c1-10(21-12(3)17)16(11(2)22-13(4)18)8-6-14(19)20-9-5-7-15/h10-11H,5-6,8-9H2,1-4H3. The molecule has 0 aliphatic rings. The van der Waals surface area contributed by atoms with Crippen molar-refractivity contribution in [3.63, 3.8) is 0 Å². The Hall–Kier alpha value is -2.14. The Bertz CT molecular complexity index is 410. The first kappa shape index (κ1) is 19.9. The minimum absolute atomic E-state index is 0.0165. The molecule has 22 heavy (non-hydrogen) atoms. The van der Waals surface area contributed by atoms with Crippen LogP contribution in [0.15, 0.2) is 0 Å². The normalized spacial score (nSPS) is 12.9. The Morgan fingerprint density at radius 2 is 1.59 bits per heavy atom. The lowest BCUT2D eigenvalue weighted by Crippen LogP contribution is -2.45. The second-order valence-electron chi connectivity index (χ2n) is 4.53. The Labute approximate surface area is 129 Å². The molecule has 2 unspecified atom stereocenters. The SMILES string of the molecule is CC(=O)OC(C)N(CCC(=O)OCCC#N)C(C)OC(C)=O. The number of carbonyl (C=O) groups is 3. The van der Waals surface area contributed by atoms with Gasteiger partial charge >= 0.3 is 17.9 Å². The van der Waals surface area contributed by atoms with E-state index in [2.05, 4.69) is 0 Å². The molecule has 0 heterocycles. The predicted octanol–water partition coefficient (Wildman–Crippen LogP) is 0.954. The molecule has 124 valence electrons. The van der Waals surface area contributed by atoms with Gasteiger partial charge in [0, 0.05) is 20.4 Å². The molecule has 0 spiro atoms. The summed E-state index contributed by atoms with van der Waals surface area (Å²) in [5, 5.41) is 8.36. The van der Waals surface area contributed by atoms with E-state index in [0.29, 0.717) is 0 Å². The van der Waals surface area contributed by atoms with Crippen LogP contribution < -0.4 is 0 Å². The third-order valence-corrected chi connectivity index (χ3v) is 2.66. The molecular weight excluding hydrogens is 292 g/mol. The van der Waals surface area contributed by atoms with Crippen molar-refractivity contribution in [2.24, 2.45) is 0 Å². The molecule has 2 atom stereocenters. The van der Waals surface area contributed by atoms with Gasteiger partial charge in [-0.1, -0.05) is 0 Å². The van der Waals surface area contributed by atoms with Crippen LogP contribution in [0.1, 0.15) is 40.5 Å². The fraction of sp³-hybridized carbons (Fsp3) is 0.714. The van der Waals surface area contributed by atoms with E-state index >= 15 is 0 Å². The molecule has 0 rings (SSSR count). The van der Waals surface area contributed by atoms with E-state index in [1.165, 1.54) is 13.8 Å². The molecule has 0 aliphatic carbocycles. The summed E-state index contributed by atoms with van der Waals surface area (Å²) >= 11 is 0. The number of nitrogens with zero attached hydrogens (tertiary/aromatic N) is 2. The highest BCUT2D eigenvalue weighted by molar-refractivity contribution is 5.69. The van der Waals surface area contributed by atoms with E-state index in [4.69, 9.17) is 19.5 Å². The zero-order valence-corrected chi connectivity index (χ0v) is 13.3. The molecule has 0 saturated heterocycles. The van der Waals surface area contributed by atoms with Crippen LogP contribution in [0.5, 0.6) is 0 Å². The third-order valence-electron chi connectivity index (χ3n) is 2.66. The summed E-state index contributed by atoms with van der Waals surface area (Å²) in [6.45, 7) is 5.97. The maximum absolute atomic E-state index is 11.5. The molecule has 0 aliphatic heterocycles. The average molecular weight is 314 g/mol. The van der Waals surface area contributed by atoms with Crippen molar-refractivity contribution in [1.82, 2.24) is 4.90 Å². The van der Waals surface area contributed by atoms with Crippen LogP contribution in [-0.2, 0) is 28.6 Å². The molecular formula is C14H22N2O6. The molecule has 0 amide bonds. The van der Waals surface area contributed by atoms with E-state index in [-0.39, 0.29) is 26.0 Å². The minimum Gasteiger partial charge on any atom is -0.465 e. The molecule has 0 fully saturated rings. The number of esters is 3. The highest BCUT2D eigenvalue weighted by Crippen LogP contribution is 2.10. The average Bonchev–Trinajstić information content (AvgIpc) is 2.37. The molecule has 0 aromatic rings. The summed E-state index contributed by atoms with van der Waals surface area (Å²) in [4.78, 5) is 35.2. The van der Waals surface area contributed by atoms with Crippen LogP contribution >= 0.6 is 0 Å². The maximum Gasteiger partial charge on any atom is 0.307 e. The monoisotopic (exact) mass is 314 g/mol. The Morgan fingerprint density at radius 3 is 2.00 bits per heavy atom. The lowest BCUT2D eigenvalue weighted by molar-refractivity contribution is -0.178. The van der Waals surface area contributed by atoms with E-state index in [1.807, 2.05) is 6.07 Å². The quantitative estimate of drug-likeness (QED) is 0.268. The van der Waals surface area contributed by atoms with Gasteiger partial charge in [-0.15, -0.1) is 0 Å². The molecule has 8 heteroatoms. The first-order valence-electron chi connectivity index (χ1n) is 6.90. The lowest BCUT2D eigenvalue weighted by atomic mass is 10.3. The van der Waals surface area contributed by atoms with Crippen molar-refractivity contribution in [3.8, 4) is 6.07 Å². The zero-order valence-electron chi connectivity index (χ0n) is 13.3. The molecule has 0 aromatic heterocycles. The van der Waals surface area contributed by atoms with Gasteiger partial charge in [-0.2, -0.15) is 5.26 Å². The predicted molar refractivity (Wildman–Crippen MR) is 75.0 cm³/mol. The van der Waals surface area contributed by atoms with Gasteiger partial charge in [0.1, 0.15) is 6.61 Å².